The molecule has 0 saturated heterocycles. The molecule has 2 N–H and O–H groups in total. The maximum absolute atomic E-state index is 11.8. The Morgan fingerprint density at radius 3 is 2.21 bits per heavy atom. The monoisotopic (exact) mass is 314 g/mol. The highest BCUT2D eigenvalue weighted by Crippen LogP contribution is 2.26. The molecule has 2 aromatic carbocycles. The van der Waals surface area contributed by atoms with Crippen molar-refractivity contribution in [2.45, 2.75) is 0 Å². The van der Waals surface area contributed by atoms with Gasteiger partial charge in [0.1, 0.15) is 0 Å². The van der Waals surface area contributed by atoms with Crippen molar-refractivity contribution in [2.24, 2.45) is 0 Å². The second kappa shape index (κ2) is 6.15. The number of hydrogen-bond donors (Lipinski definition) is 2. The SMILES string of the molecule is O=C(Nc1ccccc1Cl)Nc1cc(Cl)ccc1Cl. The Morgan fingerprint density at radius 1 is 0.842 bits per heavy atom. The first-order chi connectivity index (χ1) is 9.06. The van der Waals surface area contributed by atoms with Gasteiger partial charge in [-0.25, -0.2) is 4.79 Å². The predicted octanol–water partition coefficient (Wildman–Crippen LogP) is 5.29. The Labute approximate surface area is 125 Å². The van der Waals surface area contributed by atoms with E-state index in [1.165, 1.54) is 0 Å². The number of hydrogen-bond acceptors (Lipinski definition) is 1. The smallest absolute Gasteiger partial charge is 0.306 e. The Kier molecular flexibility index (Phi) is 4.53. The predicted molar refractivity (Wildman–Crippen MR) is 80.6 cm³/mol. The van der Waals surface area contributed by atoms with Crippen molar-refractivity contribution in [3.05, 3.63) is 57.5 Å². The minimum absolute atomic E-state index is 0.402. The van der Waals surface area contributed by atoms with Crippen LogP contribution >= 0.6 is 34.8 Å². The Hall–Kier alpha value is -1.42. The number of benzene rings is 2. The van der Waals surface area contributed by atoms with E-state index >= 15 is 0 Å². The molecular formula is C13H9Cl3N2O. The van der Waals surface area contributed by atoms with Gasteiger partial charge in [0.25, 0.3) is 0 Å². The van der Waals surface area contributed by atoms with Crippen molar-refractivity contribution in [1.82, 2.24) is 0 Å². The number of halogens is 3. The van der Waals surface area contributed by atoms with E-state index in [4.69, 9.17) is 34.8 Å². The van der Waals surface area contributed by atoms with Gasteiger partial charge in [0.2, 0.25) is 0 Å². The zero-order chi connectivity index (χ0) is 13.8. The molecule has 2 aromatic rings. The number of nitrogens with one attached hydrogen (secondary N) is 2. The fraction of sp³-hybridized carbons (Fsp3) is 0. The number of para-hydroxylation sites is 1. The van der Waals surface area contributed by atoms with Crippen LogP contribution in [0.1, 0.15) is 0 Å². The summed E-state index contributed by atoms with van der Waals surface area (Å²) >= 11 is 17.7. The molecular weight excluding hydrogens is 307 g/mol. The molecule has 0 aliphatic carbocycles. The zero-order valence-corrected chi connectivity index (χ0v) is 11.9. The highest BCUT2D eigenvalue weighted by molar-refractivity contribution is 6.36. The van der Waals surface area contributed by atoms with E-state index in [0.29, 0.717) is 26.4 Å². The Morgan fingerprint density at radius 2 is 1.47 bits per heavy atom. The highest BCUT2D eigenvalue weighted by Gasteiger charge is 2.08. The van der Waals surface area contributed by atoms with Crippen molar-refractivity contribution in [2.75, 3.05) is 10.6 Å². The number of carbonyl (C=O) groups excluding carboxylic acids is 1. The summed E-state index contributed by atoms with van der Waals surface area (Å²) in [6, 6.07) is 11.3. The van der Waals surface area contributed by atoms with Crippen LogP contribution in [-0.4, -0.2) is 6.03 Å². The standard InChI is InChI=1S/C13H9Cl3N2O/c14-8-5-6-10(16)12(7-8)18-13(19)17-11-4-2-1-3-9(11)15/h1-7H,(H2,17,18,19). The number of rotatable bonds is 2. The molecule has 0 radical (unpaired) electrons. The quantitative estimate of drug-likeness (QED) is 0.776. The molecule has 2 rings (SSSR count). The third kappa shape index (κ3) is 3.77. The number of urea groups is 1. The molecule has 2 amide bonds. The van der Waals surface area contributed by atoms with Crippen LogP contribution in [0.3, 0.4) is 0 Å². The molecule has 0 spiro atoms. The summed E-state index contributed by atoms with van der Waals surface area (Å²) in [5.41, 5.74) is 0.943. The molecule has 98 valence electrons. The van der Waals surface area contributed by atoms with Gasteiger partial charge in [0.15, 0.2) is 0 Å². The summed E-state index contributed by atoms with van der Waals surface area (Å²) in [6.45, 7) is 0. The van der Waals surface area contributed by atoms with Gasteiger partial charge in [-0.1, -0.05) is 46.9 Å². The van der Waals surface area contributed by atoms with E-state index in [1.807, 2.05) is 0 Å². The molecule has 19 heavy (non-hydrogen) atoms. The van der Waals surface area contributed by atoms with Crippen molar-refractivity contribution < 1.29 is 4.79 Å². The Bertz CT molecular complexity index is 617. The van der Waals surface area contributed by atoms with Gasteiger partial charge in [-0.05, 0) is 30.3 Å². The first-order valence-corrected chi connectivity index (χ1v) is 6.47. The van der Waals surface area contributed by atoms with Crippen LogP contribution in [0.2, 0.25) is 15.1 Å². The summed E-state index contributed by atoms with van der Waals surface area (Å²) in [6.07, 6.45) is 0. The van der Waals surface area contributed by atoms with Gasteiger partial charge in [-0.15, -0.1) is 0 Å². The van der Waals surface area contributed by atoms with E-state index in [1.54, 1.807) is 42.5 Å². The fourth-order valence-corrected chi connectivity index (χ4v) is 1.95. The first-order valence-electron chi connectivity index (χ1n) is 5.34. The van der Waals surface area contributed by atoms with Crippen molar-refractivity contribution in [1.29, 1.82) is 0 Å². The molecule has 0 bridgehead atoms. The van der Waals surface area contributed by atoms with Crippen molar-refractivity contribution >= 4 is 52.2 Å². The number of anilines is 2. The van der Waals surface area contributed by atoms with Crippen molar-refractivity contribution in [3.63, 3.8) is 0 Å². The molecule has 0 unspecified atom stereocenters. The summed E-state index contributed by atoms with van der Waals surface area (Å²) in [4.78, 5) is 11.8. The molecule has 0 aliphatic heterocycles. The van der Waals surface area contributed by atoms with Gasteiger partial charge >= 0.3 is 6.03 Å². The van der Waals surface area contributed by atoms with Gasteiger partial charge < -0.3 is 10.6 Å². The number of amides is 2. The van der Waals surface area contributed by atoms with E-state index < -0.39 is 6.03 Å². The number of carbonyl (C=O) groups is 1. The Balaban J connectivity index is 2.10. The van der Waals surface area contributed by atoms with Crippen LogP contribution in [-0.2, 0) is 0 Å². The average Bonchev–Trinajstić information content (AvgIpc) is 2.37. The van der Waals surface area contributed by atoms with Gasteiger partial charge in [0, 0.05) is 5.02 Å². The second-order valence-electron chi connectivity index (χ2n) is 3.68. The molecule has 0 fully saturated rings. The fourth-order valence-electron chi connectivity index (χ4n) is 1.43. The summed E-state index contributed by atoms with van der Waals surface area (Å²) in [7, 11) is 0. The van der Waals surface area contributed by atoms with Crippen LogP contribution in [0, 0.1) is 0 Å². The maximum atomic E-state index is 11.8. The van der Waals surface area contributed by atoms with Crippen molar-refractivity contribution in [3.8, 4) is 0 Å². The van der Waals surface area contributed by atoms with Gasteiger partial charge in [0.05, 0.1) is 21.4 Å². The van der Waals surface area contributed by atoms with Gasteiger partial charge in [-0.2, -0.15) is 0 Å². The van der Waals surface area contributed by atoms with Crippen LogP contribution < -0.4 is 10.6 Å². The average molecular weight is 316 g/mol. The van der Waals surface area contributed by atoms with Crippen LogP contribution in [0.15, 0.2) is 42.5 Å². The van der Waals surface area contributed by atoms with E-state index in [2.05, 4.69) is 10.6 Å². The molecule has 3 nitrogen and oxygen atoms in total. The lowest BCUT2D eigenvalue weighted by molar-refractivity contribution is 0.262. The van der Waals surface area contributed by atoms with Crippen LogP contribution in [0.4, 0.5) is 16.2 Å². The second-order valence-corrected chi connectivity index (χ2v) is 4.93. The van der Waals surface area contributed by atoms with E-state index in [-0.39, 0.29) is 0 Å². The van der Waals surface area contributed by atoms with Crippen LogP contribution in [0.5, 0.6) is 0 Å². The molecule has 6 heteroatoms. The molecule has 0 aromatic heterocycles. The normalized spacial score (nSPS) is 10.1. The topological polar surface area (TPSA) is 41.1 Å². The molecule has 0 heterocycles. The minimum atomic E-state index is -0.447. The third-order valence-electron chi connectivity index (χ3n) is 2.30. The zero-order valence-electron chi connectivity index (χ0n) is 9.58. The lowest BCUT2D eigenvalue weighted by atomic mass is 10.3. The maximum Gasteiger partial charge on any atom is 0.323 e. The third-order valence-corrected chi connectivity index (χ3v) is 3.19. The molecule has 0 saturated carbocycles. The lowest BCUT2D eigenvalue weighted by Gasteiger charge is -2.10. The summed E-state index contributed by atoms with van der Waals surface area (Å²) < 4.78 is 0. The largest absolute Gasteiger partial charge is 0.323 e. The minimum Gasteiger partial charge on any atom is -0.306 e. The summed E-state index contributed by atoms with van der Waals surface area (Å²) in [5.74, 6) is 0. The lowest BCUT2D eigenvalue weighted by Crippen LogP contribution is -2.19. The van der Waals surface area contributed by atoms with Crippen LogP contribution in [0.25, 0.3) is 0 Å². The summed E-state index contributed by atoms with van der Waals surface area (Å²) in [5, 5.41) is 6.56. The first kappa shape index (κ1) is 14.0. The molecule has 0 atom stereocenters. The highest BCUT2D eigenvalue weighted by atomic mass is 35.5. The molecule has 0 aliphatic rings. The van der Waals surface area contributed by atoms with Gasteiger partial charge in [-0.3, -0.25) is 0 Å². The van der Waals surface area contributed by atoms with E-state index in [9.17, 15) is 4.79 Å². The van der Waals surface area contributed by atoms with E-state index in [0.717, 1.165) is 0 Å².